The summed E-state index contributed by atoms with van der Waals surface area (Å²) in [5, 5.41) is 21.7. The van der Waals surface area contributed by atoms with E-state index in [0.717, 1.165) is 44.9 Å². The molecule has 33 heavy (non-hydrogen) atoms. The molecule has 0 aromatic heterocycles. The molecular weight excluding hydrogens is 418 g/mol. The predicted molar refractivity (Wildman–Crippen MR) is 126 cm³/mol. The fourth-order valence-electron chi connectivity index (χ4n) is 4.90. The third-order valence-corrected chi connectivity index (χ3v) is 6.68. The Hall–Kier alpha value is -3.28. The van der Waals surface area contributed by atoms with E-state index in [2.05, 4.69) is 6.92 Å². The van der Waals surface area contributed by atoms with Gasteiger partial charge in [-0.2, -0.15) is 0 Å². The summed E-state index contributed by atoms with van der Waals surface area (Å²) < 4.78 is 5.15. The number of carbonyl (C=O) groups is 2. The number of aromatic hydroxyl groups is 1. The van der Waals surface area contributed by atoms with E-state index in [1.165, 1.54) is 29.2 Å². The Bertz CT molecular complexity index is 1100. The number of rotatable bonds is 7. The first kappa shape index (κ1) is 22.9. The van der Waals surface area contributed by atoms with Crippen molar-refractivity contribution >= 4 is 17.4 Å². The molecule has 6 heteroatoms. The summed E-state index contributed by atoms with van der Waals surface area (Å²) in [4.78, 5) is 27.7. The highest BCUT2D eigenvalue weighted by Gasteiger charge is 2.46. The number of fused-ring (bicyclic) bond motifs is 1. The largest absolute Gasteiger partial charge is 0.507 e. The highest BCUT2D eigenvalue weighted by molar-refractivity contribution is 6.46. The minimum absolute atomic E-state index is 0.0665. The number of ketones is 1. The van der Waals surface area contributed by atoms with Gasteiger partial charge in [0.15, 0.2) is 11.5 Å². The zero-order valence-electron chi connectivity index (χ0n) is 19.3. The molecule has 2 aliphatic rings. The molecule has 174 valence electrons. The molecule has 0 bridgehead atoms. The van der Waals surface area contributed by atoms with E-state index in [-0.39, 0.29) is 17.1 Å². The van der Waals surface area contributed by atoms with Gasteiger partial charge in [0.1, 0.15) is 5.76 Å². The molecular formula is C27H31NO5. The molecule has 1 heterocycles. The summed E-state index contributed by atoms with van der Waals surface area (Å²) in [5.74, 6) is -1.26. The van der Waals surface area contributed by atoms with E-state index in [9.17, 15) is 19.8 Å². The minimum atomic E-state index is -0.769. The monoisotopic (exact) mass is 449 g/mol. The van der Waals surface area contributed by atoms with Crippen LogP contribution in [0.2, 0.25) is 0 Å². The third kappa shape index (κ3) is 4.34. The number of hydrogen-bond donors (Lipinski definition) is 2. The van der Waals surface area contributed by atoms with E-state index in [0.29, 0.717) is 23.4 Å². The predicted octanol–water partition coefficient (Wildman–Crippen LogP) is 4.89. The molecule has 1 aliphatic carbocycles. The van der Waals surface area contributed by atoms with E-state index in [4.69, 9.17) is 4.74 Å². The molecule has 1 saturated heterocycles. The van der Waals surface area contributed by atoms with Crippen molar-refractivity contribution in [2.75, 3.05) is 13.7 Å². The first-order valence-electron chi connectivity index (χ1n) is 11.7. The standard InChI is InChI=1S/C27H31NO5/c1-3-4-7-14-28-24(19-12-13-22(33-2)21(29)16-19)23(26(31)27(28)32)25(30)20-11-10-17-8-5-6-9-18(17)15-20/h10-13,15-16,24,29-30H,3-9,14H2,1-2H3/b25-23-. The Labute approximate surface area is 194 Å². The Balaban J connectivity index is 1.82. The molecule has 4 rings (SSSR count). The number of benzene rings is 2. The van der Waals surface area contributed by atoms with E-state index < -0.39 is 17.7 Å². The van der Waals surface area contributed by atoms with Crippen LogP contribution in [0, 0.1) is 0 Å². The summed E-state index contributed by atoms with van der Waals surface area (Å²) in [7, 11) is 1.46. The zero-order valence-corrected chi connectivity index (χ0v) is 19.3. The Morgan fingerprint density at radius 3 is 2.52 bits per heavy atom. The molecule has 1 amide bonds. The molecule has 1 atom stereocenters. The van der Waals surface area contributed by atoms with Gasteiger partial charge < -0.3 is 19.8 Å². The Morgan fingerprint density at radius 2 is 1.82 bits per heavy atom. The number of ether oxygens (including phenoxy) is 1. The molecule has 1 fully saturated rings. The van der Waals surface area contributed by atoms with Crippen LogP contribution < -0.4 is 4.74 Å². The van der Waals surface area contributed by atoms with Crippen molar-refractivity contribution in [2.45, 2.75) is 57.9 Å². The number of hydrogen-bond acceptors (Lipinski definition) is 5. The van der Waals surface area contributed by atoms with Crippen LogP contribution in [0.1, 0.15) is 67.3 Å². The number of nitrogens with zero attached hydrogens (tertiary/aromatic N) is 1. The van der Waals surface area contributed by atoms with Gasteiger partial charge >= 0.3 is 0 Å². The second-order valence-corrected chi connectivity index (χ2v) is 8.82. The van der Waals surface area contributed by atoms with Crippen molar-refractivity contribution in [1.82, 2.24) is 4.90 Å². The van der Waals surface area contributed by atoms with Crippen molar-refractivity contribution in [3.8, 4) is 11.5 Å². The molecule has 0 saturated carbocycles. The van der Waals surface area contributed by atoms with Crippen molar-refractivity contribution in [3.05, 3.63) is 64.2 Å². The number of amides is 1. The van der Waals surface area contributed by atoms with Crippen LogP contribution in [-0.4, -0.2) is 40.5 Å². The summed E-state index contributed by atoms with van der Waals surface area (Å²) in [6.07, 6.45) is 6.87. The van der Waals surface area contributed by atoms with Crippen LogP contribution >= 0.6 is 0 Å². The quantitative estimate of drug-likeness (QED) is 0.272. The summed E-state index contributed by atoms with van der Waals surface area (Å²) >= 11 is 0. The fraction of sp³-hybridized carbons (Fsp3) is 0.407. The average molecular weight is 450 g/mol. The summed E-state index contributed by atoms with van der Waals surface area (Å²) in [6.45, 7) is 2.47. The molecule has 2 aromatic rings. The van der Waals surface area contributed by atoms with Gasteiger partial charge in [-0.05, 0) is 67.0 Å². The first-order valence-corrected chi connectivity index (χ1v) is 11.7. The van der Waals surface area contributed by atoms with Crippen LogP contribution in [0.3, 0.4) is 0 Å². The molecule has 6 nitrogen and oxygen atoms in total. The normalized spacial score (nSPS) is 19.6. The lowest BCUT2D eigenvalue weighted by atomic mass is 9.88. The number of likely N-dealkylation sites (tertiary alicyclic amines) is 1. The molecule has 1 aliphatic heterocycles. The van der Waals surface area contributed by atoms with Crippen LogP contribution in [0.25, 0.3) is 5.76 Å². The molecule has 0 spiro atoms. The lowest BCUT2D eigenvalue weighted by molar-refractivity contribution is -0.139. The van der Waals surface area contributed by atoms with Gasteiger partial charge in [0.25, 0.3) is 11.7 Å². The fourth-order valence-corrected chi connectivity index (χ4v) is 4.90. The van der Waals surface area contributed by atoms with Gasteiger partial charge in [0.2, 0.25) is 0 Å². The number of Topliss-reactive ketones (excluding diaryl/α,β-unsaturated/α-hetero) is 1. The number of aliphatic hydroxyl groups is 1. The van der Waals surface area contributed by atoms with Gasteiger partial charge in [-0.15, -0.1) is 0 Å². The van der Waals surface area contributed by atoms with Gasteiger partial charge in [-0.1, -0.05) is 38.0 Å². The summed E-state index contributed by atoms with van der Waals surface area (Å²) in [5.41, 5.74) is 3.63. The molecule has 2 aromatic carbocycles. The molecule has 1 unspecified atom stereocenters. The van der Waals surface area contributed by atoms with Crippen molar-refractivity contribution in [1.29, 1.82) is 0 Å². The van der Waals surface area contributed by atoms with Gasteiger partial charge in [0.05, 0.1) is 18.7 Å². The topological polar surface area (TPSA) is 87.1 Å². The van der Waals surface area contributed by atoms with E-state index in [1.54, 1.807) is 12.1 Å². The average Bonchev–Trinajstić information content (AvgIpc) is 3.08. The van der Waals surface area contributed by atoms with Gasteiger partial charge in [-0.25, -0.2) is 0 Å². The lowest BCUT2D eigenvalue weighted by Crippen LogP contribution is -2.30. The highest BCUT2D eigenvalue weighted by Crippen LogP contribution is 2.42. The minimum Gasteiger partial charge on any atom is -0.507 e. The van der Waals surface area contributed by atoms with Crippen LogP contribution in [0.4, 0.5) is 0 Å². The highest BCUT2D eigenvalue weighted by atomic mass is 16.5. The van der Waals surface area contributed by atoms with Gasteiger partial charge in [-0.3, -0.25) is 9.59 Å². The number of aryl methyl sites for hydroxylation is 2. The van der Waals surface area contributed by atoms with E-state index >= 15 is 0 Å². The number of unbranched alkanes of at least 4 members (excludes halogenated alkanes) is 2. The molecule has 0 radical (unpaired) electrons. The summed E-state index contributed by atoms with van der Waals surface area (Å²) in [6, 6.07) is 9.84. The van der Waals surface area contributed by atoms with Crippen LogP contribution in [0.15, 0.2) is 42.0 Å². The Kier molecular flexibility index (Phi) is 6.72. The van der Waals surface area contributed by atoms with Crippen molar-refractivity contribution < 1.29 is 24.5 Å². The third-order valence-electron chi connectivity index (χ3n) is 6.68. The number of aliphatic hydroxyl groups excluding tert-OH is 1. The smallest absolute Gasteiger partial charge is 0.295 e. The lowest BCUT2D eigenvalue weighted by Gasteiger charge is -2.26. The number of phenolic OH excluding ortho intramolecular Hbond substituents is 1. The van der Waals surface area contributed by atoms with Gasteiger partial charge in [0, 0.05) is 12.1 Å². The maximum Gasteiger partial charge on any atom is 0.295 e. The molecule has 2 N–H and O–H groups in total. The number of methoxy groups -OCH3 is 1. The van der Waals surface area contributed by atoms with Crippen LogP contribution in [-0.2, 0) is 22.4 Å². The van der Waals surface area contributed by atoms with Crippen molar-refractivity contribution in [3.63, 3.8) is 0 Å². The SMILES string of the molecule is CCCCCN1C(=O)C(=O)/C(=C(\O)c2ccc3c(c2)CCCC3)C1c1ccc(OC)c(O)c1. The maximum absolute atomic E-state index is 13.1. The number of carbonyl (C=O) groups excluding carboxylic acids is 2. The second kappa shape index (κ2) is 9.69. The maximum atomic E-state index is 13.1. The van der Waals surface area contributed by atoms with Crippen molar-refractivity contribution in [2.24, 2.45) is 0 Å². The Morgan fingerprint density at radius 1 is 1.06 bits per heavy atom. The number of phenols is 1. The first-order chi connectivity index (χ1) is 16.0. The zero-order chi connectivity index (χ0) is 23.5. The van der Waals surface area contributed by atoms with Crippen LogP contribution in [0.5, 0.6) is 11.5 Å². The van der Waals surface area contributed by atoms with E-state index in [1.807, 2.05) is 18.2 Å². The second-order valence-electron chi connectivity index (χ2n) is 8.82.